The van der Waals surface area contributed by atoms with Crippen LogP contribution >= 0.6 is 0 Å². The van der Waals surface area contributed by atoms with Crippen LogP contribution < -0.4 is 0 Å². The summed E-state index contributed by atoms with van der Waals surface area (Å²) in [6.45, 7) is 5.05. The van der Waals surface area contributed by atoms with Crippen LogP contribution in [0.1, 0.15) is 12.0 Å². The zero-order valence-electron chi connectivity index (χ0n) is 14.9. The first-order valence-electron chi connectivity index (χ1n) is 9.26. The number of para-hydroxylation sites is 1. The van der Waals surface area contributed by atoms with Gasteiger partial charge in [0.2, 0.25) is 0 Å². The van der Waals surface area contributed by atoms with Crippen LogP contribution in [0.15, 0.2) is 54.6 Å². The Morgan fingerprint density at radius 3 is 2.44 bits per heavy atom. The molecule has 3 nitrogen and oxygen atoms in total. The molecule has 25 heavy (non-hydrogen) atoms. The molecule has 1 saturated heterocycles. The number of fused-ring (bicyclic) bond motifs is 1. The highest BCUT2D eigenvalue weighted by atomic mass is 16.5. The van der Waals surface area contributed by atoms with Crippen LogP contribution in [-0.4, -0.2) is 42.3 Å². The summed E-state index contributed by atoms with van der Waals surface area (Å²) in [6, 6.07) is 19.6. The molecular weight excluding hydrogens is 308 g/mol. The van der Waals surface area contributed by atoms with Crippen LogP contribution in [0.5, 0.6) is 0 Å². The number of hydrogen-bond donors (Lipinski definition) is 0. The summed E-state index contributed by atoms with van der Waals surface area (Å²) in [5, 5.41) is 1.39. The van der Waals surface area contributed by atoms with E-state index in [1.54, 1.807) is 0 Å². The van der Waals surface area contributed by atoms with Gasteiger partial charge in [0.1, 0.15) is 0 Å². The van der Waals surface area contributed by atoms with Gasteiger partial charge in [-0.15, -0.1) is 0 Å². The molecule has 3 aromatic rings. The van der Waals surface area contributed by atoms with Gasteiger partial charge in [-0.25, -0.2) is 0 Å². The Labute approximate surface area is 149 Å². The highest BCUT2D eigenvalue weighted by Crippen LogP contribution is 2.33. The van der Waals surface area contributed by atoms with E-state index >= 15 is 0 Å². The number of ether oxygens (including phenoxy) is 1. The van der Waals surface area contributed by atoms with Crippen LogP contribution in [0.3, 0.4) is 0 Å². The lowest BCUT2D eigenvalue weighted by Gasteiger charge is -2.26. The van der Waals surface area contributed by atoms with E-state index in [1.165, 1.54) is 34.1 Å². The molecule has 130 valence electrons. The fourth-order valence-corrected chi connectivity index (χ4v) is 3.99. The Morgan fingerprint density at radius 1 is 0.920 bits per heavy atom. The van der Waals surface area contributed by atoms with Gasteiger partial charge in [-0.05, 0) is 36.6 Å². The Kier molecular flexibility index (Phi) is 4.86. The first-order chi connectivity index (χ1) is 12.3. The fourth-order valence-electron chi connectivity index (χ4n) is 3.99. The van der Waals surface area contributed by atoms with E-state index in [9.17, 15) is 0 Å². The highest BCUT2D eigenvalue weighted by Gasteiger charge is 2.17. The van der Waals surface area contributed by atoms with E-state index in [0.29, 0.717) is 0 Å². The third kappa shape index (κ3) is 3.35. The Hall–Kier alpha value is -2.10. The topological polar surface area (TPSA) is 17.4 Å². The lowest BCUT2D eigenvalue weighted by molar-refractivity contribution is 0.0375. The van der Waals surface area contributed by atoms with Crippen molar-refractivity contribution in [2.75, 3.05) is 32.8 Å². The number of nitrogens with zero attached hydrogens (tertiary/aromatic N) is 2. The SMILES string of the molecule is Cn1c(-c2ccccc2)c(CCCN2CCOCC2)c2ccccc21. The van der Waals surface area contributed by atoms with Crippen molar-refractivity contribution in [2.45, 2.75) is 12.8 Å². The molecule has 1 aliphatic rings. The molecule has 0 bridgehead atoms. The van der Waals surface area contributed by atoms with Crippen LogP contribution in [0.25, 0.3) is 22.2 Å². The number of morpholine rings is 1. The smallest absolute Gasteiger partial charge is 0.0594 e. The van der Waals surface area contributed by atoms with Crippen molar-refractivity contribution in [1.29, 1.82) is 0 Å². The summed E-state index contributed by atoms with van der Waals surface area (Å²) in [5.41, 5.74) is 5.48. The van der Waals surface area contributed by atoms with E-state index in [4.69, 9.17) is 4.74 Å². The molecule has 1 fully saturated rings. The Bertz CT molecular complexity index is 832. The normalized spacial score (nSPS) is 15.7. The van der Waals surface area contributed by atoms with Crippen molar-refractivity contribution >= 4 is 10.9 Å². The molecular formula is C22H26N2O. The van der Waals surface area contributed by atoms with Gasteiger partial charge in [-0.2, -0.15) is 0 Å². The number of aryl methyl sites for hydroxylation is 2. The molecule has 0 aliphatic carbocycles. The first-order valence-corrected chi connectivity index (χ1v) is 9.26. The second-order valence-electron chi connectivity index (χ2n) is 6.83. The van der Waals surface area contributed by atoms with Gasteiger partial charge >= 0.3 is 0 Å². The zero-order valence-corrected chi connectivity index (χ0v) is 14.9. The largest absolute Gasteiger partial charge is 0.379 e. The van der Waals surface area contributed by atoms with Crippen molar-refractivity contribution < 1.29 is 4.74 Å². The number of benzene rings is 2. The zero-order chi connectivity index (χ0) is 17.1. The summed E-state index contributed by atoms with van der Waals surface area (Å²) in [5.74, 6) is 0. The maximum Gasteiger partial charge on any atom is 0.0594 e. The molecule has 0 spiro atoms. The minimum absolute atomic E-state index is 0.879. The summed E-state index contributed by atoms with van der Waals surface area (Å²) in [6.07, 6.45) is 2.30. The van der Waals surface area contributed by atoms with Crippen molar-refractivity contribution in [2.24, 2.45) is 7.05 Å². The average Bonchev–Trinajstić information content (AvgIpc) is 2.96. The van der Waals surface area contributed by atoms with Crippen molar-refractivity contribution in [3.8, 4) is 11.3 Å². The highest BCUT2D eigenvalue weighted by molar-refractivity contribution is 5.91. The fraction of sp³-hybridized carbons (Fsp3) is 0.364. The Balaban J connectivity index is 1.64. The van der Waals surface area contributed by atoms with E-state index < -0.39 is 0 Å². The number of hydrogen-bond acceptors (Lipinski definition) is 2. The summed E-state index contributed by atoms with van der Waals surface area (Å²) < 4.78 is 7.81. The van der Waals surface area contributed by atoms with E-state index in [-0.39, 0.29) is 0 Å². The van der Waals surface area contributed by atoms with Gasteiger partial charge in [-0.3, -0.25) is 4.90 Å². The predicted molar refractivity (Wildman–Crippen MR) is 104 cm³/mol. The lowest BCUT2D eigenvalue weighted by atomic mass is 10.0. The van der Waals surface area contributed by atoms with Crippen LogP contribution in [0, 0.1) is 0 Å². The lowest BCUT2D eigenvalue weighted by Crippen LogP contribution is -2.36. The van der Waals surface area contributed by atoms with E-state index in [0.717, 1.165) is 39.3 Å². The third-order valence-electron chi connectivity index (χ3n) is 5.26. The summed E-state index contributed by atoms with van der Waals surface area (Å²) >= 11 is 0. The predicted octanol–water partition coefficient (Wildman–Crippen LogP) is 4.11. The van der Waals surface area contributed by atoms with Gasteiger partial charge < -0.3 is 9.30 Å². The minimum atomic E-state index is 0.879. The van der Waals surface area contributed by atoms with Gasteiger partial charge in [0, 0.05) is 31.0 Å². The molecule has 2 aromatic carbocycles. The van der Waals surface area contributed by atoms with Gasteiger partial charge in [0.05, 0.1) is 18.9 Å². The molecule has 1 aliphatic heterocycles. The Morgan fingerprint density at radius 2 is 1.64 bits per heavy atom. The van der Waals surface area contributed by atoms with Crippen LogP contribution in [-0.2, 0) is 18.2 Å². The van der Waals surface area contributed by atoms with E-state index in [2.05, 4.69) is 71.1 Å². The van der Waals surface area contributed by atoms with Crippen molar-refractivity contribution in [3.05, 3.63) is 60.2 Å². The molecule has 0 unspecified atom stereocenters. The molecule has 0 radical (unpaired) electrons. The molecule has 2 heterocycles. The standard InChI is InChI=1S/C22H26N2O/c1-23-21-12-6-5-10-19(21)20(22(23)18-8-3-2-4-9-18)11-7-13-24-14-16-25-17-15-24/h2-6,8-10,12H,7,11,13-17H2,1H3. The maximum atomic E-state index is 5.46. The van der Waals surface area contributed by atoms with Gasteiger partial charge in [0.25, 0.3) is 0 Å². The second-order valence-corrected chi connectivity index (χ2v) is 6.83. The monoisotopic (exact) mass is 334 g/mol. The molecule has 3 heteroatoms. The molecule has 0 amide bonds. The van der Waals surface area contributed by atoms with Gasteiger partial charge in [-0.1, -0.05) is 48.5 Å². The van der Waals surface area contributed by atoms with Crippen molar-refractivity contribution in [3.63, 3.8) is 0 Å². The average molecular weight is 334 g/mol. The molecule has 0 saturated carbocycles. The van der Waals surface area contributed by atoms with Crippen LogP contribution in [0.4, 0.5) is 0 Å². The second kappa shape index (κ2) is 7.42. The quantitative estimate of drug-likeness (QED) is 0.699. The molecule has 4 rings (SSSR count). The number of rotatable bonds is 5. The molecule has 1 aromatic heterocycles. The van der Waals surface area contributed by atoms with Crippen molar-refractivity contribution in [1.82, 2.24) is 9.47 Å². The number of aromatic nitrogens is 1. The van der Waals surface area contributed by atoms with Crippen LogP contribution in [0.2, 0.25) is 0 Å². The first kappa shape index (κ1) is 16.4. The van der Waals surface area contributed by atoms with Gasteiger partial charge in [0.15, 0.2) is 0 Å². The third-order valence-corrected chi connectivity index (χ3v) is 5.26. The summed E-state index contributed by atoms with van der Waals surface area (Å²) in [7, 11) is 2.19. The molecule has 0 N–H and O–H groups in total. The van der Waals surface area contributed by atoms with E-state index in [1.807, 2.05) is 0 Å². The maximum absolute atomic E-state index is 5.46. The minimum Gasteiger partial charge on any atom is -0.379 e. The summed E-state index contributed by atoms with van der Waals surface area (Å²) in [4.78, 5) is 2.52. The molecule has 0 atom stereocenters.